The number of nitrogens with one attached hydrogen (secondary N) is 1. The summed E-state index contributed by atoms with van der Waals surface area (Å²) < 4.78 is 22.5. The van der Waals surface area contributed by atoms with Crippen LogP contribution < -0.4 is 16.0 Å². The minimum Gasteiger partial charge on any atom is -0.444 e. The van der Waals surface area contributed by atoms with Crippen molar-refractivity contribution in [3.8, 4) is 11.5 Å². The number of piperidine rings is 1. The molecule has 0 unspecified atom stereocenters. The molecule has 176 valence electrons. The summed E-state index contributed by atoms with van der Waals surface area (Å²) >= 11 is 3.33. The number of carbonyl (C=O) groups excluding carboxylic acids is 1. The van der Waals surface area contributed by atoms with Crippen molar-refractivity contribution in [3.05, 3.63) is 29.0 Å². The number of aryl methyl sites for hydroxylation is 1. The maximum Gasteiger partial charge on any atom is 0.407 e. The van der Waals surface area contributed by atoms with E-state index in [-0.39, 0.29) is 18.8 Å². The third-order valence-electron chi connectivity index (χ3n) is 5.32. The second kappa shape index (κ2) is 8.77. The van der Waals surface area contributed by atoms with Crippen LogP contribution in [0.3, 0.4) is 0 Å². The number of ether oxygens (including phenoxy) is 1. The van der Waals surface area contributed by atoms with Gasteiger partial charge in [0, 0.05) is 26.6 Å². The highest BCUT2D eigenvalue weighted by atomic mass is 79.9. The molecular weight excluding hydrogens is 493 g/mol. The summed E-state index contributed by atoms with van der Waals surface area (Å²) in [7, 11) is 1.86. The first-order chi connectivity index (χ1) is 15.5. The van der Waals surface area contributed by atoms with E-state index in [1.807, 2.05) is 34.7 Å². The van der Waals surface area contributed by atoms with E-state index in [1.165, 1.54) is 6.20 Å². The van der Waals surface area contributed by atoms with Crippen molar-refractivity contribution in [1.29, 1.82) is 0 Å². The molecule has 0 aliphatic carbocycles. The Bertz CT molecular complexity index is 1190. The molecule has 1 fully saturated rings. The number of alkyl halides is 1. The third-order valence-corrected chi connectivity index (χ3v) is 5.70. The van der Waals surface area contributed by atoms with Gasteiger partial charge in [0.25, 0.3) is 0 Å². The van der Waals surface area contributed by atoms with E-state index in [9.17, 15) is 9.18 Å². The summed E-state index contributed by atoms with van der Waals surface area (Å²) in [6.07, 6.45) is 0.103. The quantitative estimate of drug-likeness (QED) is 0.540. The van der Waals surface area contributed by atoms with Crippen molar-refractivity contribution in [2.75, 3.05) is 23.7 Å². The van der Waals surface area contributed by atoms with E-state index in [1.54, 1.807) is 20.8 Å². The number of hydrogen-bond acceptors (Lipinski definition) is 7. The van der Waals surface area contributed by atoms with Gasteiger partial charge < -0.3 is 25.3 Å². The second-order valence-corrected chi connectivity index (χ2v) is 9.96. The Morgan fingerprint density at radius 2 is 2.06 bits per heavy atom. The van der Waals surface area contributed by atoms with Gasteiger partial charge in [-0.15, -0.1) is 0 Å². The first kappa shape index (κ1) is 23.2. The zero-order valence-corrected chi connectivity index (χ0v) is 20.6. The number of benzene rings is 1. The fraction of sp³-hybridized carbons (Fsp3) is 0.455. The van der Waals surface area contributed by atoms with Crippen molar-refractivity contribution in [1.82, 2.24) is 24.8 Å². The minimum absolute atomic E-state index is 0.213. The molecule has 0 bridgehead atoms. The molecule has 3 aromatic rings. The normalized spacial score (nSPS) is 19.0. The molecule has 0 spiro atoms. The molecule has 4 rings (SSSR count). The van der Waals surface area contributed by atoms with Gasteiger partial charge in [-0.3, -0.25) is 0 Å². The zero-order chi connectivity index (χ0) is 23.9. The Morgan fingerprint density at radius 3 is 2.79 bits per heavy atom. The molecule has 11 heteroatoms. The summed E-state index contributed by atoms with van der Waals surface area (Å²) in [5.41, 5.74) is 8.25. The maximum atomic E-state index is 14.7. The van der Waals surface area contributed by atoms with Gasteiger partial charge in [-0.1, -0.05) is 6.07 Å². The zero-order valence-electron chi connectivity index (χ0n) is 19.0. The van der Waals surface area contributed by atoms with Crippen molar-refractivity contribution < 1.29 is 13.9 Å². The summed E-state index contributed by atoms with van der Waals surface area (Å²) in [5, 5.41) is 2.81. The number of nitrogen functional groups attached to an aromatic ring is 1. The van der Waals surface area contributed by atoms with E-state index >= 15 is 0 Å². The summed E-state index contributed by atoms with van der Waals surface area (Å²) in [4.78, 5) is 27.5. The molecule has 1 aliphatic rings. The number of fused-ring (bicyclic) bond motifs is 1. The molecule has 0 saturated carbocycles. The van der Waals surface area contributed by atoms with Gasteiger partial charge in [-0.25, -0.2) is 24.1 Å². The average Bonchev–Trinajstić information content (AvgIpc) is 3.04. The van der Waals surface area contributed by atoms with Crippen molar-refractivity contribution >= 4 is 44.6 Å². The van der Waals surface area contributed by atoms with Crippen LogP contribution in [-0.4, -0.2) is 56.5 Å². The molecule has 2 aromatic heterocycles. The fourth-order valence-corrected chi connectivity index (χ4v) is 4.35. The van der Waals surface area contributed by atoms with Gasteiger partial charge in [-0.05, 0) is 48.8 Å². The van der Waals surface area contributed by atoms with Gasteiger partial charge in [0.15, 0.2) is 11.6 Å². The van der Waals surface area contributed by atoms with Crippen molar-refractivity contribution in [2.24, 2.45) is 7.05 Å². The predicted octanol–water partition coefficient (Wildman–Crippen LogP) is 3.82. The molecule has 2 atom stereocenters. The molecule has 1 aromatic carbocycles. The minimum atomic E-state index is -1.10. The monoisotopic (exact) mass is 519 g/mol. The first-order valence-corrected chi connectivity index (χ1v) is 11.4. The lowest BCUT2D eigenvalue weighted by atomic mass is 10.0. The molecule has 3 N–H and O–H groups in total. The Morgan fingerprint density at radius 1 is 1.30 bits per heavy atom. The van der Waals surface area contributed by atoms with E-state index < -0.39 is 23.9 Å². The van der Waals surface area contributed by atoms with Crippen LogP contribution in [0.4, 0.5) is 20.7 Å². The summed E-state index contributed by atoms with van der Waals surface area (Å²) in [5.74, 6) is 0.822. The van der Waals surface area contributed by atoms with Crippen LogP contribution in [0.1, 0.15) is 27.2 Å². The molecule has 33 heavy (non-hydrogen) atoms. The van der Waals surface area contributed by atoms with Crippen LogP contribution in [0.15, 0.2) is 29.0 Å². The number of nitrogens with zero attached hydrogens (tertiary/aromatic N) is 5. The predicted molar refractivity (Wildman–Crippen MR) is 129 cm³/mol. The number of carbonyl (C=O) groups is 1. The number of hydrogen-bond donors (Lipinski definition) is 2. The molecule has 3 heterocycles. The van der Waals surface area contributed by atoms with Gasteiger partial charge in [0.05, 0.1) is 29.0 Å². The summed E-state index contributed by atoms with van der Waals surface area (Å²) in [6.45, 7) is 6.03. The van der Waals surface area contributed by atoms with Crippen LogP contribution in [0, 0.1) is 0 Å². The van der Waals surface area contributed by atoms with E-state index in [2.05, 4.69) is 31.2 Å². The van der Waals surface area contributed by atoms with Crippen molar-refractivity contribution in [3.63, 3.8) is 0 Å². The van der Waals surface area contributed by atoms with Crippen LogP contribution in [0.5, 0.6) is 0 Å². The van der Waals surface area contributed by atoms with Crippen LogP contribution in [0.2, 0.25) is 0 Å². The molecule has 1 amide bonds. The maximum absolute atomic E-state index is 14.7. The Balaban J connectivity index is 1.67. The summed E-state index contributed by atoms with van der Waals surface area (Å²) in [6, 6.07) is 5.30. The van der Waals surface area contributed by atoms with Crippen LogP contribution >= 0.6 is 15.9 Å². The number of anilines is 2. The lowest BCUT2D eigenvalue weighted by Crippen LogP contribution is -2.52. The van der Waals surface area contributed by atoms with Gasteiger partial charge >= 0.3 is 6.09 Å². The Kier molecular flexibility index (Phi) is 6.17. The number of nitrogens with two attached hydrogens (primary N) is 1. The molecule has 0 radical (unpaired) electrons. The van der Waals surface area contributed by atoms with E-state index in [0.29, 0.717) is 22.7 Å². The number of alkyl carbamates (subject to hydrolysis) is 1. The highest BCUT2D eigenvalue weighted by molar-refractivity contribution is 9.10. The van der Waals surface area contributed by atoms with Crippen LogP contribution in [0.25, 0.3) is 22.6 Å². The third kappa shape index (κ3) is 5.02. The number of imidazole rings is 1. The van der Waals surface area contributed by atoms with Gasteiger partial charge in [0.1, 0.15) is 22.1 Å². The van der Waals surface area contributed by atoms with E-state index in [0.717, 1.165) is 16.7 Å². The standard InChI is InChI=1S/C22H27BrFN7O2/c1-22(2,3)33-21(32)27-13-8-12(24)10-31(11-13)15-7-5-6-14-18(15)30(4)20(28-14)17-19(25)26-9-16(23)29-17/h5-7,9,12-13H,8,10-11H2,1-4H3,(H2,25,26)(H,27,32)/t12-,13-/m0/s1. The Labute approximate surface area is 199 Å². The number of amides is 1. The van der Waals surface area contributed by atoms with Crippen LogP contribution in [-0.2, 0) is 11.8 Å². The highest BCUT2D eigenvalue weighted by Gasteiger charge is 2.31. The number of para-hydroxylation sites is 1. The second-order valence-electron chi connectivity index (χ2n) is 9.15. The largest absolute Gasteiger partial charge is 0.444 e. The lowest BCUT2D eigenvalue weighted by Gasteiger charge is -2.37. The fourth-order valence-electron chi connectivity index (χ4n) is 4.07. The van der Waals surface area contributed by atoms with Gasteiger partial charge in [0.2, 0.25) is 0 Å². The smallest absolute Gasteiger partial charge is 0.407 e. The Hall–Kier alpha value is -2.95. The highest BCUT2D eigenvalue weighted by Crippen LogP contribution is 2.33. The first-order valence-electron chi connectivity index (χ1n) is 10.6. The topological polar surface area (TPSA) is 111 Å². The SMILES string of the molecule is Cn1c(-c2nc(Br)cnc2N)nc2cccc(N3C[C@@H](F)C[C@H](NC(=O)OC(C)(C)C)C3)c21. The van der Waals surface area contributed by atoms with Crippen molar-refractivity contribution in [2.45, 2.75) is 45.0 Å². The average molecular weight is 520 g/mol. The number of halogens is 2. The molecule has 1 saturated heterocycles. The lowest BCUT2D eigenvalue weighted by molar-refractivity contribution is 0.0491. The number of aromatic nitrogens is 4. The van der Waals surface area contributed by atoms with Gasteiger partial charge in [-0.2, -0.15) is 0 Å². The van der Waals surface area contributed by atoms with E-state index in [4.69, 9.17) is 15.5 Å². The molecule has 9 nitrogen and oxygen atoms in total. The molecule has 1 aliphatic heterocycles. The molecular formula is C22H27BrFN7O2. The number of rotatable bonds is 3.